The number of rotatable bonds is 0. The zero-order valence-electron chi connectivity index (χ0n) is 6.67. The van der Waals surface area contributed by atoms with Crippen molar-refractivity contribution in [1.82, 2.24) is 4.98 Å². The van der Waals surface area contributed by atoms with Gasteiger partial charge in [-0.05, 0) is 5.56 Å². The smallest absolute Gasteiger partial charge is 0.0896 e. The Balaban J connectivity index is 2.24. The molecule has 0 aromatic carbocycles. The highest BCUT2D eigenvalue weighted by Crippen LogP contribution is 2.28. The highest BCUT2D eigenvalue weighted by Gasteiger charge is 2.22. The highest BCUT2D eigenvalue weighted by molar-refractivity contribution is 5.38. The van der Waals surface area contributed by atoms with E-state index in [-0.39, 0.29) is 0 Å². The zero-order chi connectivity index (χ0) is 7.97. The van der Waals surface area contributed by atoms with E-state index in [1.807, 2.05) is 6.20 Å². The summed E-state index contributed by atoms with van der Waals surface area (Å²) in [5.74, 6) is 0. The van der Waals surface area contributed by atoms with Gasteiger partial charge in [-0.3, -0.25) is 4.98 Å². The van der Waals surface area contributed by atoms with Crippen molar-refractivity contribution in [3.05, 3.63) is 28.6 Å². The fourth-order valence-electron chi connectivity index (χ4n) is 1.79. The van der Waals surface area contributed by atoms with Crippen LogP contribution in [0.5, 0.6) is 0 Å². The van der Waals surface area contributed by atoms with Crippen LogP contribution < -0.4 is 0 Å². The van der Waals surface area contributed by atoms with Crippen LogP contribution in [0.25, 0.3) is 0 Å². The van der Waals surface area contributed by atoms with Crippen molar-refractivity contribution in [2.45, 2.75) is 26.4 Å². The Morgan fingerprint density at radius 2 is 1.83 bits per heavy atom. The van der Waals surface area contributed by atoms with Crippen molar-refractivity contribution in [1.29, 1.82) is 0 Å². The van der Waals surface area contributed by atoms with Crippen molar-refractivity contribution in [3.63, 3.8) is 0 Å². The Morgan fingerprint density at radius 3 is 2.83 bits per heavy atom. The second-order valence-electron chi connectivity index (χ2n) is 3.17. The van der Waals surface area contributed by atoms with Gasteiger partial charge in [-0.1, -0.05) is 0 Å². The van der Waals surface area contributed by atoms with Crippen LogP contribution in [0.4, 0.5) is 0 Å². The van der Waals surface area contributed by atoms with Crippen molar-refractivity contribution >= 4 is 0 Å². The quantitative estimate of drug-likeness (QED) is 0.574. The molecule has 62 valence electrons. The van der Waals surface area contributed by atoms with Gasteiger partial charge < -0.3 is 9.47 Å². The Bertz CT molecular complexity index is 303. The molecule has 0 saturated heterocycles. The lowest BCUT2D eigenvalue weighted by atomic mass is 10.1. The normalized spacial score (nSPS) is 19.3. The van der Waals surface area contributed by atoms with E-state index in [0.717, 1.165) is 25.5 Å². The molecule has 0 spiro atoms. The van der Waals surface area contributed by atoms with Crippen molar-refractivity contribution in [2.24, 2.45) is 0 Å². The SMILES string of the molecule is c1nc2c(c3c1COC3)COC2. The summed E-state index contributed by atoms with van der Waals surface area (Å²) >= 11 is 0. The van der Waals surface area contributed by atoms with Gasteiger partial charge >= 0.3 is 0 Å². The van der Waals surface area contributed by atoms with Gasteiger partial charge in [-0.2, -0.15) is 0 Å². The maximum absolute atomic E-state index is 5.34. The van der Waals surface area contributed by atoms with Gasteiger partial charge in [0.25, 0.3) is 0 Å². The lowest BCUT2D eigenvalue weighted by Gasteiger charge is -2.01. The highest BCUT2D eigenvalue weighted by atomic mass is 16.5. The Hall–Kier alpha value is -0.930. The van der Waals surface area contributed by atoms with Gasteiger partial charge in [0.05, 0.1) is 32.1 Å². The Labute approximate surface area is 70.3 Å². The molecule has 12 heavy (non-hydrogen) atoms. The molecule has 0 saturated carbocycles. The van der Waals surface area contributed by atoms with E-state index in [9.17, 15) is 0 Å². The number of pyridine rings is 1. The molecular formula is C9H9NO2. The summed E-state index contributed by atoms with van der Waals surface area (Å²) in [7, 11) is 0. The first-order valence-electron chi connectivity index (χ1n) is 4.09. The minimum absolute atomic E-state index is 0.669. The minimum atomic E-state index is 0.669. The standard InChI is InChI=1S/C9H9NO2/c1-6-2-11-3-7(6)8-4-12-5-9(8)10-1/h1H,2-5H2. The first-order chi connectivity index (χ1) is 5.95. The van der Waals surface area contributed by atoms with Gasteiger partial charge in [0.2, 0.25) is 0 Å². The fraction of sp³-hybridized carbons (Fsp3) is 0.444. The van der Waals surface area contributed by atoms with Crippen LogP contribution in [0.3, 0.4) is 0 Å². The molecule has 1 aromatic heterocycles. The van der Waals surface area contributed by atoms with Gasteiger partial charge in [0.15, 0.2) is 0 Å². The van der Waals surface area contributed by atoms with E-state index in [1.165, 1.54) is 16.7 Å². The van der Waals surface area contributed by atoms with Crippen LogP contribution in [0, 0.1) is 0 Å². The third-order valence-corrected chi connectivity index (χ3v) is 2.47. The molecule has 0 unspecified atom stereocenters. The van der Waals surface area contributed by atoms with Crippen molar-refractivity contribution in [3.8, 4) is 0 Å². The molecule has 3 heterocycles. The first-order valence-corrected chi connectivity index (χ1v) is 4.09. The van der Waals surface area contributed by atoms with E-state index in [1.54, 1.807) is 0 Å². The van der Waals surface area contributed by atoms with Crippen molar-refractivity contribution in [2.75, 3.05) is 0 Å². The number of hydrogen-bond acceptors (Lipinski definition) is 3. The van der Waals surface area contributed by atoms with Crippen LogP contribution in [-0.4, -0.2) is 4.98 Å². The Morgan fingerprint density at radius 1 is 1.00 bits per heavy atom. The predicted octanol–water partition coefficient (Wildman–Crippen LogP) is 1.14. The number of ether oxygens (including phenoxy) is 2. The van der Waals surface area contributed by atoms with E-state index >= 15 is 0 Å². The molecule has 3 heteroatoms. The molecule has 0 aliphatic carbocycles. The molecule has 3 rings (SSSR count). The third kappa shape index (κ3) is 0.750. The molecule has 0 bridgehead atoms. The summed E-state index contributed by atoms with van der Waals surface area (Å²) in [4.78, 5) is 4.33. The fourth-order valence-corrected chi connectivity index (χ4v) is 1.79. The van der Waals surface area contributed by atoms with Crippen molar-refractivity contribution < 1.29 is 9.47 Å². The van der Waals surface area contributed by atoms with Gasteiger partial charge in [0.1, 0.15) is 0 Å². The molecule has 1 aromatic rings. The lowest BCUT2D eigenvalue weighted by Crippen LogP contribution is -1.95. The van der Waals surface area contributed by atoms with E-state index in [2.05, 4.69) is 4.98 Å². The molecule has 2 aliphatic rings. The monoisotopic (exact) mass is 163 g/mol. The maximum atomic E-state index is 5.34. The lowest BCUT2D eigenvalue weighted by molar-refractivity contribution is 0.125. The average molecular weight is 163 g/mol. The average Bonchev–Trinajstić information content (AvgIpc) is 2.71. The molecule has 0 atom stereocenters. The summed E-state index contributed by atoms with van der Waals surface area (Å²) in [5, 5.41) is 0. The second-order valence-corrected chi connectivity index (χ2v) is 3.17. The van der Waals surface area contributed by atoms with Crippen LogP contribution in [0.1, 0.15) is 22.4 Å². The van der Waals surface area contributed by atoms with Crippen LogP contribution >= 0.6 is 0 Å². The van der Waals surface area contributed by atoms with Gasteiger partial charge in [-0.25, -0.2) is 0 Å². The number of nitrogens with zero attached hydrogens (tertiary/aromatic N) is 1. The summed E-state index contributed by atoms with van der Waals surface area (Å²) < 4.78 is 10.7. The van der Waals surface area contributed by atoms with E-state index in [4.69, 9.17) is 9.47 Å². The van der Waals surface area contributed by atoms with Gasteiger partial charge in [-0.15, -0.1) is 0 Å². The molecule has 0 N–H and O–H groups in total. The number of hydrogen-bond donors (Lipinski definition) is 0. The molecule has 3 nitrogen and oxygen atoms in total. The zero-order valence-corrected chi connectivity index (χ0v) is 6.67. The van der Waals surface area contributed by atoms with Crippen LogP contribution in [0.2, 0.25) is 0 Å². The molecular weight excluding hydrogens is 154 g/mol. The van der Waals surface area contributed by atoms with Crippen LogP contribution in [0.15, 0.2) is 6.20 Å². The van der Waals surface area contributed by atoms with E-state index < -0.39 is 0 Å². The second kappa shape index (κ2) is 2.28. The molecule has 0 fully saturated rings. The summed E-state index contributed by atoms with van der Waals surface area (Å²) in [6.07, 6.45) is 1.91. The maximum Gasteiger partial charge on any atom is 0.0896 e. The number of aromatic nitrogens is 1. The first kappa shape index (κ1) is 6.57. The molecule has 2 aliphatic heterocycles. The molecule has 0 radical (unpaired) electrons. The number of fused-ring (bicyclic) bond motifs is 3. The summed E-state index contributed by atoms with van der Waals surface area (Å²) in [6, 6.07) is 0. The Kier molecular flexibility index (Phi) is 1.25. The summed E-state index contributed by atoms with van der Waals surface area (Å²) in [6.45, 7) is 2.84. The third-order valence-electron chi connectivity index (χ3n) is 2.47. The van der Waals surface area contributed by atoms with E-state index in [0.29, 0.717) is 6.61 Å². The molecule has 0 amide bonds. The topological polar surface area (TPSA) is 31.4 Å². The summed E-state index contributed by atoms with van der Waals surface area (Å²) in [5.41, 5.74) is 4.92. The predicted molar refractivity (Wildman–Crippen MR) is 41.2 cm³/mol. The van der Waals surface area contributed by atoms with Crippen LogP contribution in [-0.2, 0) is 35.9 Å². The van der Waals surface area contributed by atoms with Gasteiger partial charge in [0, 0.05) is 17.3 Å². The largest absolute Gasteiger partial charge is 0.372 e. The minimum Gasteiger partial charge on any atom is -0.372 e.